The minimum Gasteiger partial charge on any atom is -0.462 e. The third-order valence-electron chi connectivity index (χ3n) is 2.32. The summed E-state index contributed by atoms with van der Waals surface area (Å²) in [5.41, 5.74) is 1.39. The maximum Gasteiger partial charge on any atom is 0.358 e. The Kier molecular flexibility index (Phi) is 3.28. The Morgan fingerprint density at radius 2 is 2.29 bits per heavy atom. The van der Waals surface area contributed by atoms with E-state index in [2.05, 4.69) is 4.98 Å². The monoisotopic (exact) mass is 251 g/mol. The molecule has 2 aromatic rings. The first-order valence-corrected chi connectivity index (χ1v) is 6.14. The molecule has 0 aliphatic rings. The standard InChI is InChI=1S/C12H13NO3S/c1-4-15-12(14)9-8(3)17-11(13-9)10-7(2)5-6-16-10/h5-6H,4H2,1-3H3. The molecule has 0 aliphatic heterocycles. The Hall–Kier alpha value is -1.62. The first-order valence-electron chi connectivity index (χ1n) is 5.32. The van der Waals surface area contributed by atoms with Crippen LogP contribution in [0.3, 0.4) is 0 Å². The molecule has 0 radical (unpaired) electrons. The Morgan fingerprint density at radius 3 is 2.88 bits per heavy atom. The van der Waals surface area contributed by atoms with Crippen molar-refractivity contribution in [3.63, 3.8) is 0 Å². The highest BCUT2D eigenvalue weighted by Gasteiger charge is 2.19. The highest BCUT2D eigenvalue weighted by Crippen LogP contribution is 2.30. The average molecular weight is 251 g/mol. The van der Waals surface area contributed by atoms with E-state index in [-0.39, 0.29) is 5.97 Å². The van der Waals surface area contributed by atoms with Gasteiger partial charge in [0, 0.05) is 4.88 Å². The molecular formula is C12H13NO3S. The quantitative estimate of drug-likeness (QED) is 0.786. The van der Waals surface area contributed by atoms with Gasteiger partial charge >= 0.3 is 5.97 Å². The SMILES string of the molecule is CCOC(=O)c1nc(-c2occc2C)sc1C. The molecule has 17 heavy (non-hydrogen) atoms. The number of nitrogens with zero attached hydrogens (tertiary/aromatic N) is 1. The second-order valence-electron chi connectivity index (χ2n) is 3.58. The second kappa shape index (κ2) is 4.71. The second-order valence-corrected chi connectivity index (χ2v) is 4.78. The van der Waals surface area contributed by atoms with Gasteiger partial charge in [-0.3, -0.25) is 0 Å². The molecule has 0 N–H and O–H groups in total. The van der Waals surface area contributed by atoms with Crippen LogP contribution in [0.5, 0.6) is 0 Å². The Balaban J connectivity index is 2.37. The first-order chi connectivity index (χ1) is 8.13. The summed E-state index contributed by atoms with van der Waals surface area (Å²) in [5.74, 6) is 0.338. The number of carbonyl (C=O) groups is 1. The minimum atomic E-state index is -0.378. The normalized spacial score (nSPS) is 10.5. The molecule has 2 rings (SSSR count). The van der Waals surface area contributed by atoms with Crippen LogP contribution in [-0.2, 0) is 4.74 Å². The molecule has 4 nitrogen and oxygen atoms in total. The van der Waals surface area contributed by atoms with E-state index in [1.54, 1.807) is 13.2 Å². The van der Waals surface area contributed by atoms with Crippen LogP contribution >= 0.6 is 11.3 Å². The Bertz CT molecular complexity index is 542. The summed E-state index contributed by atoms with van der Waals surface area (Å²) in [6.07, 6.45) is 1.62. The summed E-state index contributed by atoms with van der Waals surface area (Å²) in [5, 5.41) is 0.716. The van der Waals surface area contributed by atoms with Crippen molar-refractivity contribution in [2.45, 2.75) is 20.8 Å². The zero-order valence-electron chi connectivity index (χ0n) is 9.94. The minimum absolute atomic E-state index is 0.352. The van der Waals surface area contributed by atoms with Gasteiger partial charge in [0.05, 0.1) is 12.9 Å². The number of hydrogen-bond donors (Lipinski definition) is 0. The summed E-state index contributed by atoms with van der Waals surface area (Å²) in [6.45, 7) is 5.92. The maximum atomic E-state index is 11.6. The zero-order chi connectivity index (χ0) is 12.4. The summed E-state index contributed by atoms with van der Waals surface area (Å²) in [7, 11) is 0. The predicted molar refractivity (Wildman–Crippen MR) is 65.2 cm³/mol. The molecule has 0 aromatic carbocycles. The number of ether oxygens (including phenoxy) is 1. The van der Waals surface area contributed by atoms with Crippen LogP contribution in [0.25, 0.3) is 10.8 Å². The molecule has 0 saturated heterocycles. The van der Waals surface area contributed by atoms with E-state index < -0.39 is 0 Å². The van der Waals surface area contributed by atoms with E-state index in [9.17, 15) is 4.79 Å². The van der Waals surface area contributed by atoms with Gasteiger partial charge in [0.1, 0.15) is 0 Å². The fourth-order valence-corrected chi connectivity index (χ4v) is 2.43. The molecule has 0 unspecified atom stereocenters. The lowest BCUT2D eigenvalue weighted by molar-refractivity contribution is 0.0519. The van der Waals surface area contributed by atoms with E-state index in [1.807, 2.05) is 19.9 Å². The maximum absolute atomic E-state index is 11.6. The zero-order valence-corrected chi connectivity index (χ0v) is 10.8. The third-order valence-corrected chi connectivity index (χ3v) is 3.29. The lowest BCUT2D eigenvalue weighted by Crippen LogP contribution is -2.06. The predicted octanol–water partition coefficient (Wildman–Crippen LogP) is 3.20. The Morgan fingerprint density at radius 1 is 1.53 bits per heavy atom. The number of hydrogen-bond acceptors (Lipinski definition) is 5. The van der Waals surface area contributed by atoms with Crippen LogP contribution in [-0.4, -0.2) is 17.6 Å². The number of rotatable bonds is 3. The van der Waals surface area contributed by atoms with E-state index in [0.717, 1.165) is 10.4 Å². The Labute approximate surface area is 103 Å². The number of aryl methyl sites for hydroxylation is 2. The molecule has 2 aromatic heterocycles. The molecule has 0 bridgehead atoms. The van der Waals surface area contributed by atoms with E-state index in [4.69, 9.17) is 9.15 Å². The molecule has 0 aliphatic carbocycles. The van der Waals surface area contributed by atoms with Crippen molar-refractivity contribution in [2.75, 3.05) is 6.61 Å². The number of furan rings is 1. The van der Waals surface area contributed by atoms with Gasteiger partial charge in [-0.1, -0.05) is 0 Å². The van der Waals surface area contributed by atoms with Crippen molar-refractivity contribution in [1.82, 2.24) is 4.98 Å². The summed E-state index contributed by atoms with van der Waals surface area (Å²) in [4.78, 5) is 16.7. The largest absolute Gasteiger partial charge is 0.462 e. The van der Waals surface area contributed by atoms with Gasteiger partial charge in [-0.2, -0.15) is 0 Å². The van der Waals surface area contributed by atoms with Crippen molar-refractivity contribution in [2.24, 2.45) is 0 Å². The van der Waals surface area contributed by atoms with Crippen LogP contribution in [0.2, 0.25) is 0 Å². The molecule has 0 amide bonds. The van der Waals surface area contributed by atoms with Crippen molar-refractivity contribution in [3.05, 3.63) is 28.5 Å². The van der Waals surface area contributed by atoms with Crippen LogP contribution < -0.4 is 0 Å². The van der Waals surface area contributed by atoms with Crippen molar-refractivity contribution in [3.8, 4) is 10.8 Å². The van der Waals surface area contributed by atoms with Gasteiger partial charge in [-0.25, -0.2) is 9.78 Å². The van der Waals surface area contributed by atoms with Crippen LogP contribution in [0, 0.1) is 13.8 Å². The van der Waals surface area contributed by atoms with E-state index in [0.29, 0.717) is 23.1 Å². The van der Waals surface area contributed by atoms with Gasteiger partial charge < -0.3 is 9.15 Å². The van der Waals surface area contributed by atoms with Crippen molar-refractivity contribution >= 4 is 17.3 Å². The fourth-order valence-electron chi connectivity index (χ4n) is 1.47. The topological polar surface area (TPSA) is 52.3 Å². The van der Waals surface area contributed by atoms with E-state index >= 15 is 0 Å². The molecule has 5 heteroatoms. The van der Waals surface area contributed by atoms with Crippen LogP contribution in [0.1, 0.15) is 27.9 Å². The molecule has 0 spiro atoms. The third kappa shape index (κ3) is 2.24. The molecular weight excluding hydrogens is 238 g/mol. The van der Waals surface area contributed by atoms with Gasteiger partial charge in [0.15, 0.2) is 16.5 Å². The molecule has 0 fully saturated rings. The average Bonchev–Trinajstić information content (AvgIpc) is 2.84. The number of esters is 1. The molecule has 2 heterocycles. The summed E-state index contributed by atoms with van der Waals surface area (Å²) < 4.78 is 10.3. The van der Waals surface area contributed by atoms with E-state index in [1.165, 1.54) is 11.3 Å². The number of aromatic nitrogens is 1. The summed E-state index contributed by atoms with van der Waals surface area (Å²) >= 11 is 1.43. The fraction of sp³-hybridized carbons (Fsp3) is 0.333. The van der Waals surface area contributed by atoms with Gasteiger partial charge in [0.2, 0.25) is 0 Å². The lowest BCUT2D eigenvalue weighted by Gasteiger charge is -1.97. The lowest BCUT2D eigenvalue weighted by atomic mass is 10.3. The molecule has 0 saturated carbocycles. The molecule has 0 atom stereocenters. The van der Waals surface area contributed by atoms with Gasteiger partial charge in [-0.15, -0.1) is 11.3 Å². The van der Waals surface area contributed by atoms with Crippen LogP contribution in [0.4, 0.5) is 0 Å². The molecule has 90 valence electrons. The summed E-state index contributed by atoms with van der Waals surface area (Å²) in [6, 6.07) is 1.87. The van der Waals surface area contributed by atoms with Gasteiger partial charge in [-0.05, 0) is 32.4 Å². The van der Waals surface area contributed by atoms with Crippen molar-refractivity contribution < 1.29 is 13.9 Å². The highest BCUT2D eigenvalue weighted by atomic mass is 32.1. The first kappa shape index (κ1) is 11.9. The number of thiazole rings is 1. The smallest absolute Gasteiger partial charge is 0.358 e. The van der Waals surface area contributed by atoms with Crippen molar-refractivity contribution in [1.29, 1.82) is 0 Å². The van der Waals surface area contributed by atoms with Gasteiger partial charge in [0.25, 0.3) is 0 Å². The van der Waals surface area contributed by atoms with Crippen LogP contribution in [0.15, 0.2) is 16.7 Å². The number of carbonyl (C=O) groups excluding carboxylic acids is 1. The highest BCUT2D eigenvalue weighted by molar-refractivity contribution is 7.15.